The van der Waals surface area contributed by atoms with E-state index in [1.807, 2.05) is 62.0 Å². The lowest BCUT2D eigenvalue weighted by atomic mass is 10.1. The zero-order chi connectivity index (χ0) is 13.7. The molecule has 0 N–H and O–H groups in total. The van der Waals surface area contributed by atoms with Crippen LogP contribution in [0.15, 0.2) is 24.3 Å². The molecule has 4 heteroatoms. The Balaban J connectivity index is 2.97. The predicted molar refractivity (Wildman–Crippen MR) is 80.7 cm³/mol. The van der Waals surface area contributed by atoms with E-state index in [2.05, 4.69) is 15.9 Å². The minimum Gasteiger partial charge on any atom is -0.378 e. The van der Waals surface area contributed by atoms with Crippen molar-refractivity contribution in [2.45, 2.75) is 19.9 Å². The van der Waals surface area contributed by atoms with Gasteiger partial charge in [0.15, 0.2) is 0 Å². The van der Waals surface area contributed by atoms with E-state index in [1.54, 1.807) is 0 Å². The Morgan fingerprint density at radius 2 is 2.00 bits per heavy atom. The van der Waals surface area contributed by atoms with Gasteiger partial charge in [0.25, 0.3) is 5.91 Å². The van der Waals surface area contributed by atoms with Crippen LogP contribution in [0.5, 0.6) is 0 Å². The van der Waals surface area contributed by atoms with Crippen LogP contribution in [0.4, 0.5) is 5.69 Å². The molecule has 0 saturated heterocycles. The van der Waals surface area contributed by atoms with Crippen LogP contribution in [-0.2, 0) is 0 Å². The molecule has 0 aliphatic rings. The summed E-state index contributed by atoms with van der Waals surface area (Å²) in [5, 5.41) is 0.796. The first kappa shape index (κ1) is 15.0. The van der Waals surface area contributed by atoms with Crippen LogP contribution in [0.3, 0.4) is 0 Å². The minimum atomic E-state index is 0.0909. The molecule has 0 atom stereocenters. The van der Waals surface area contributed by atoms with Crippen LogP contribution < -0.4 is 4.90 Å². The molecule has 0 heterocycles. The zero-order valence-electron chi connectivity index (χ0n) is 11.5. The quantitative estimate of drug-likeness (QED) is 0.780. The highest BCUT2D eigenvalue weighted by Crippen LogP contribution is 2.16. The van der Waals surface area contributed by atoms with Crippen molar-refractivity contribution in [2.24, 2.45) is 0 Å². The van der Waals surface area contributed by atoms with Crippen molar-refractivity contribution in [3.05, 3.63) is 29.8 Å². The standard InChI is InChI=1S/C14H21BrN2O/c1-11(2)17(9-8-15)14(18)12-6-5-7-13(10-12)16(3)4/h5-7,10-11H,8-9H2,1-4H3. The first-order chi connectivity index (χ1) is 8.47. The van der Waals surface area contributed by atoms with Crippen molar-refractivity contribution >= 4 is 27.5 Å². The Bertz CT molecular complexity index is 405. The summed E-state index contributed by atoms with van der Waals surface area (Å²) in [5.74, 6) is 0.0909. The predicted octanol–water partition coefficient (Wildman–Crippen LogP) is 3.00. The van der Waals surface area contributed by atoms with E-state index in [9.17, 15) is 4.79 Å². The molecule has 0 fully saturated rings. The molecule has 3 nitrogen and oxygen atoms in total. The van der Waals surface area contributed by atoms with E-state index >= 15 is 0 Å². The average molecular weight is 313 g/mol. The highest BCUT2D eigenvalue weighted by atomic mass is 79.9. The highest BCUT2D eigenvalue weighted by molar-refractivity contribution is 9.09. The largest absolute Gasteiger partial charge is 0.378 e. The summed E-state index contributed by atoms with van der Waals surface area (Å²) in [7, 11) is 3.95. The molecular weight excluding hydrogens is 292 g/mol. The fourth-order valence-electron chi connectivity index (χ4n) is 1.77. The molecule has 0 aromatic heterocycles. The van der Waals surface area contributed by atoms with Crippen molar-refractivity contribution in [1.82, 2.24) is 4.90 Å². The number of benzene rings is 1. The Morgan fingerprint density at radius 1 is 1.33 bits per heavy atom. The smallest absolute Gasteiger partial charge is 0.254 e. The number of carbonyl (C=O) groups excluding carboxylic acids is 1. The number of carbonyl (C=O) groups is 1. The molecular formula is C14H21BrN2O. The Labute approximate surface area is 118 Å². The number of hydrogen-bond acceptors (Lipinski definition) is 2. The van der Waals surface area contributed by atoms with Gasteiger partial charge in [-0.05, 0) is 32.0 Å². The second-order valence-corrected chi connectivity index (χ2v) is 5.52. The van der Waals surface area contributed by atoms with Crippen molar-refractivity contribution in [3.63, 3.8) is 0 Å². The van der Waals surface area contributed by atoms with Gasteiger partial charge in [-0.15, -0.1) is 0 Å². The number of alkyl halides is 1. The summed E-state index contributed by atoms with van der Waals surface area (Å²) in [6.45, 7) is 4.80. The fraction of sp³-hybridized carbons (Fsp3) is 0.500. The summed E-state index contributed by atoms with van der Waals surface area (Å²) in [5.41, 5.74) is 1.79. The topological polar surface area (TPSA) is 23.6 Å². The summed E-state index contributed by atoms with van der Waals surface area (Å²) in [4.78, 5) is 16.3. The van der Waals surface area contributed by atoms with Gasteiger partial charge in [0.05, 0.1) is 0 Å². The summed E-state index contributed by atoms with van der Waals surface area (Å²) in [6, 6.07) is 7.94. The first-order valence-corrected chi connectivity index (χ1v) is 7.23. The summed E-state index contributed by atoms with van der Waals surface area (Å²) < 4.78 is 0. The molecule has 1 amide bonds. The van der Waals surface area contributed by atoms with Crippen molar-refractivity contribution < 1.29 is 4.79 Å². The number of nitrogens with zero attached hydrogens (tertiary/aromatic N) is 2. The van der Waals surface area contributed by atoms with E-state index < -0.39 is 0 Å². The third-order valence-corrected chi connectivity index (χ3v) is 3.17. The van der Waals surface area contributed by atoms with Crippen molar-refractivity contribution in [3.8, 4) is 0 Å². The molecule has 0 saturated carbocycles. The highest BCUT2D eigenvalue weighted by Gasteiger charge is 2.18. The fourth-order valence-corrected chi connectivity index (χ4v) is 2.15. The lowest BCUT2D eigenvalue weighted by Crippen LogP contribution is -2.38. The van der Waals surface area contributed by atoms with Crippen LogP contribution in [0.1, 0.15) is 24.2 Å². The summed E-state index contributed by atoms with van der Waals surface area (Å²) in [6.07, 6.45) is 0. The minimum absolute atomic E-state index is 0.0909. The van der Waals surface area contributed by atoms with E-state index in [4.69, 9.17) is 0 Å². The van der Waals surface area contributed by atoms with Gasteiger partial charge < -0.3 is 9.80 Å². The number of rotatable bonds is 5. The lowest BCUT2D eigenvalue weighted by molar-refractivity contribution is 0.0719. The number of halogens is 1. The molecule has 0 aliphatic heterocycles. The number of amides is 1. The SMILES string of the molecule is CC(C)N(CCBr)C(=O)c1cccc(N(C)C)c1. The van der Waals surface area contributed by atoms with Crippen LogP contribution in [-0.4, -0.2) is 42.8 Å². The molecule has 0 aliphatic carbocycles. The van der Waals surface area contributed by atoms with Gasteiger partial charge in [-0.2, -0.15) is 0 Å². The molecule has 0 spiro atoms. The Hall–Kier alpha value is -1.03. The second-order valence-electron chi connectivity index (χ2n) is 4.73. The molecule has 0 unspecified atom stereocenters. The van der Waals surface area contributed by atoms with E-state index in [0.29, 0.717) is 0 Å². The maximum atomic E-state index is 12.4. The molecule has 100 valence electrons. The molecule has 1 rings (SSSR count). The second kappa shape index (κ2) is 6.78. The molecule has 0 radical (unpaired) electrons. The van der Waals surface area contributed by atoms with Gasteiger partial charge in [-0.3, -0.25) is 4.79 Å². The van der Waals surface area contributed by atoms with Gasteiger partial charge in [-0.25, -0.2) is 0 Å². The number of hydrogen-bond donors (Lipinski definition) is 0. The third kappa shape index (κ3) is 3.73. The summed E-state index contributed by atoms with van der Waals surface area (Å²) >= 11 is 3.39. The Morgan fingerprint density at radius 3 is 2.50 bits per heavy atom. The van der Waals surface area contributed by atoms with Crippen LogP contribution in [0.25, 0.3) is 0 Å². The Kier molecular flexibility index (Phi) is 5.66. The lowest BCUT2D eigenvalue weighted by Gasteiger charge is -2.26. The van der Waals surface area contributed by atoms with Gasteiger partial charge in [0, 0.05) is 43.3 Å². The average Bonchev–Trinajstić information content (AvgIpc) is 2.35. The first-order valence-electron chi connectivity index (χ1n) is 6.11. The van der Waals surface area contributed by atoms with E-state index in [1.165, 1.54) is 0 Å². The maximum absolute atomic E-state index is 12.4. The third-order valence-electron chi connectivity index (χ3n) is 2.82. The van der Waals surface area contributed by atoms with Crippen LogP contribution in [0, 0.1) is 0 Å². The number of anilines is 1. The molecule has 18 heavy (non-hydrogen) atoms. The molecule has 1 aromatic rings. The van der Waals surface area contributed by atoms with Crippen molar-refractivity contribution in [2.75, 3.05) is 30.9 Å². The van der Waals surface area contributed by atoms with Crippen LogP contribution in [0.2, 0.25) is 0 Å². The van der Waals surface area contributed by atoms with Crippen molar-refractivity contribution in [1.29, 1.82) is 0 Å². The molecule has 0 bridgehead atoms. The van der Waals surface area contributed by atoms with Gasteiger partial charge in [0.1, 0.15) is 0 Å². The maximum Gasteiger partial charge on any atom is 0.254 e. The normalized spacial score (nSPS) is 10.6. The zero-order valence-corrected chi connectivity index (χ0v) is 13.1. The molecule has 1 aromatic carbocycles. The monoisotopic (exact) mass is 312 g/mol. The van der Waals surface area contributed by atoms with Gasteiger partial charge in [-0.1, -0.05) is 22.0 Å². The van der Waals surface area contributed by atoms with E-state index in [0.717, 1.165) is 23.1 Å². The van der Waals surface area contributed by atoms with E-state index in [-0.39, 0.29) is 11.9 Å². The van der Waals surface area contributed by atoms with Gasteiger partial charge in [0.2, 0.25) is 0 Å². The van der Waals surface area contributed by atoms with Gasteiger partial charge >= 0.3 is 0 Å². The van der Waals surface area contributed by atoms with Crippen LogP contribution >= 0.6 is 15.9 Å².